The Bertz CT molecular complexity index is 1240. The minimum absolute atomic E-state index is 0.101. The highest BCUT2D eigenvalue weighted by atomic mass is 32.2. The molecule has 0 aliphatic rings. The van der Waals surface area contributed by atoms with Gasteiger partial charge in [0.2, 0.25) is 0 Å². The second-order valence-corrected chi connectivity index (χ2v) is 17.0. The molecular weight excluding hydrogens is 504 g/mol. The summed E-state index contributed by atoms with van der Waals surface area (Å²) < 4.78 is 35.0. The van der Waals surface area contributed by atoms with E-state index in [4.69, 9.17) is 10.8 Å². The van der Waals surface area contributed by atoms with Crippen molar-refractivity contribution in [3.05, 3.63) is 88.3 Å². The predicted molar refractivity (Wildman–Crippen MR) is 152 cm³/mol. The molecule has 0 saturated carbocycles. The number of nitro benzene ring substituents is 1. The standard InChI is InChI=1S/C28H36N2O5SSi/c1-8-20-29(36(33,34)28-18-15-26(16-19-28)30(31)32)21-27(17-14-25-12-10-9-11-13-25)35-37(22(2)3,23(4)5)24(6)7/h1,9-19,21-24H,20H2,2-7H3/b17-14+,27-21-. The first-order valence-corrected chi connectivity index (χ1v) is 15.8. The van der Waals surface area contributed by atoms with E-state index >= 15 is 0 Å². The molecule has 37 heavy (non-hydrogen) atoms. The van der Waals surface area contributed by atoms with Gasteiger partial charge in [-0.1, -0.05) is 83.9 Å². The number of terminal acetylenes is 1. The lowest BCUT2D eigenvalue weighted by Gasteiger charge is -2.42. The smallest absolute Gasteiger partial charge is 0.269 e. The maximum atomic E-state index is 13.5. The molecule has 9 heteroatoms. The van der Waals surface area contributed by atoms with E-state index < -0.39 is 23.3 Å². The van der Waals surface area contributed by atoms with E-state index in [2.05, 4.69) is 47.5 Å². The number of benzene rings is 2. The van der Waals surface area contributed by atoms with Gasteiger partial charge in [0, 0.05) is 12.1 Å². The van der Waals surface area contributed by atoms with E-state index in [-0.39, 0.29) is 33.8 Å². The normalized spacial score (nSPS) is 12.8. The van der Waals surface area contributed by atoms with Crippen LogP contribution < -0.4 is 0 Å². The van der Waals surface area contributed by atoms with Gasteiger partial charge in [-0.15, -0.1) is 6.42 Å². The Hall–Kier alpha value is -3.35. The number of nitrogens with zero attached hydrogens (tertiary/aromatic N) is 2. The van der Waals surface area contributed by atoms with E-state index in [1.165, 1.54) is 18.3 Å². The molecule has 0 heterocycles. The van der Waals surface area contributed by atoms with Crippen molar-refractivity contribution in [2.45, 2.75) is 63.1 Å². The highest BCUT2D eigenvalue weighted by molar-refractivity contribution is 7.89. The molecule has 198 valence electrons. The molecule has 0 spiro atoms. The van der Waals surface area contributed by atoms with Gasteiger partial charge in [-0.25, -0.2) is 8.42 Å². The summed E-state index contributed by atoms with van der Waals surface area (Å²) >= 11 is 0. The fourth-order valence-electron chi connectivity index (χ4n) is 4.71. The highest BCUT2D eigenvalue weighted by Crippen LogP contribution is 2.44. The molecule has 0 fully saturated rings. The van der Waals surface area contributed by atoms with Crippen molar-refractivity contribution in [3.8, 4) is 12.3 Å². The van der Waals surface area contributed by atoms with Gasteiger partial charge in [0.15, 0.2) is 0 Å². The predicted octanol–water partition coefficient (Wildman–Crippen LogP) is 6.97. The van der Waals surface area contributed by atoms with Gasteiger partial charge in [0.25, 0.3) is 24.0 Å². The SMILES string of the molecule is C#CCN(/C=C(/C=C/c1ccccc1)O[Si](C(C)C)(C(C)C)C(C)C)S(=O)(=O)c1ccc([N+](=O)[O-])cc1. The Balaban J connectivity index is 2.66. The first kappa shape index (κ1) is 29.9. The third-order valence-corrected chi connectivity index (χ3v) is 14.1. The number of hydrogen-bond acceptors (Lipinski definition) is 5. The lowest BCUT2D eigenvalue weighted by Crippen LogP contribution is -2.47. The Morgan fingerprint density at radius 2 is 1.57 bits per heavy atom. The molecule has 0 bridgehead atoms. The molecule has 0 aliphatic heterocycles. The summed E-state index contributed by atoms with van der Waals surface area (Å²) in [4.78, 5) is 10.3. The van der Waals surface area contributed by atoms with Crippen LogP contribution in [-0.4, -0.2) is 32.5 Å². The molecule has 0 unspecified atom stereocenters. The summed E-state index contributed by atoms with van der Waals surface area (Å²) in [7, 11) is -6.55. The minimum Gasteiger partial charge on any atom is -0.542 e. The lowest BCUT2D eigenvalue weighted by molar-refractivity contribution is -0.384. The minimum atomic E-state index is -4.11. The monoisotopic (exact) mass is 540 g/mol. The number of rotatable bonds is 12. The Morgan fingerprint density at radius 1 is 1.03 bits per heavy atom. The summed E-state index contributed by atoms with van der Waals surface area (Å²) in [5.41, 5.74) is 1.51. The third-order valence-electron chi connectivity index (χ3n) is 6.41. The second kappa shape index (κ2) is 12.7. The summed E-state index contributed by atoms with van der Waals surface area (Å²) in [6.07, 6.45) is 10.6. The van der Waals surface area contributed by atoms with E-state index in [0.29, 0.717) is 5.76 Å². The molecule has 2 rings (SSSR count). The quantitative estimate of drug-likeness (QED) is 0.0724. The van der Waals surface area contributed by atoms with Gasteiger partial charge in [0.05, 0.1) is 22.6 Å². The third kappa shape index (κ3) is 7.12. The average Bonchev–Trinajstić information content (AvgIpc) is 2.85. The zero-order chi connectivity index (χ0) is 27.8. The number of allylic oxidation sites excluding steroid dienone is 1. The van der Waals surface area contributed by atoms with E-state index in [9.17, 15) is 18.5 Å². The van der Waals surface area contributed by atoms with Crippen LogP contribution in [-0.2, 0) is 14.4 Å². The Kier molecular flexibility index (Phi) is 10.3. The molecule has 2 aromatic carbocycles. The summed E-state index contributed by atoms with van der Waals surface area (Å²) in [6.45, 7) is 12.7. The van der Waals surface area contributed by atoms with Crippen LogP contribution in [0.25, 0.3) is 6.08 Å². The molecule has 0 N–H and O–H groups in total. The van der Waals surface area contributed by atoms with Gasteiger partial charge in [-0.2, -0.15) is 0 Å². The molecule has 0 atom stereocenters. The molecule has 0 radical (unpaired) electrons. The lowest BCUT2D eigenvalue weighted by atomic mass is 10.2. The van der Waals surface area contributed by atoms with Gasteiger partial charge in [-0.05, 0) is 40.4 Å². The average molecular weight is 541 g/mol. The first-order chi connectivity index (χ1) is 17.4. The number of sulfonamides is 1. The Labute approximate surface area is 222 Å². The van der Waals surface area contributed by atoms with Crippen LogP contribution in [0.5, 0.6) is 0 Å². The second-order valence-electron chi connectivity index (χ2n) is 9.70. The number of nitro groups is 1. The van der Waals surface area contributed by atoms with Crippen LogP contribution in [0.15, 0.2) is 77.5 Å². The largest absolute Gasteiger partial charge is 0.542 e. The highest BCUT2D eigenvalue weighted by Gasteiger charge is 2.47. The molecule has 0 amide bonds. The fourth-order valence-corrected chi connectivity index (χ4v) is 11.2. The molecular formula is C28H36N2O5SSi. The van der Waals surface area contributed by atoms with E-state index in [1.54, 1.807) is 6.08 Å². The van der Waals surface area contributed by atoms with Crippen molar-refractivity contribution in [2.24, 2.45) is 0 Å². The van der Waals surface area contributed by atoms with Crippen molar-refractivity contribution in [1.82, 2.24) is 4.31 Å². The van der Waals surface area contributed by atoms with Crippen molar-refractivity contribution in [2.75, 3.05) is 6.54 Å². The Morgan fingerprint density at radius 3 is 2.03 bits per heavy atom. The van der Waals surface area contributed by atoms with Crippen molar-refractivity contribution in [1.29, 1.82) is 0 Å². The summed E-state index contributed by atoms with van der Waals surface area (Å²) in [5.74, 6) is 2.80. The van der Waals surface area contributed by atoms with E-state index in [0.717, 1.165) is 22.0 Å². The van der Waals surface area contributed by atoms with Crippen molar-refractivity contribution in [3.63, 3.8) is 0 Å². The summed E-state index contributed by atoms with van der Waals surface area (Å²) in [6, 6.07) is 14.4. The van der Waals surface area contributed by atoms with Crippen LogP contribution in [0.4, 0.5) is 5.69 Å². The zero-order valence-electron chi connectivity index (χ0n) is 22.3. The van der Waals surface area contributed by atoms with Gasteiger partial charge in [-0.3, -0.25) is 14.4 Å². The zero-order valence-corrected chi connectivity index (χ0v) is 24.1. The van der Waals surface area contributed by atoms with Crippen molar-refractivity contribution >= 4 is 30.1 Å². The number of non-ortho nitro benzene ring substituents is 1. The van der Waals surface area contributed by atoms with Crippen LogP contribution in [0.3, 0.4) is 0 Å². The van der Waals surface area contributed by atoms with Crippen molar-refractivity contribution < 1.29 is 17.8 Å². The number of hydrogen-bond donors (Lipinski definition) is 0. The van der Waals surface area contributed by atoms with Crippen LogP contribution in [0, 0.1) is 22.5 Å². The maximum absolute atomic E-state index is 13.5. The summed E-state index contributed by atoms with van der Waals surface area (Å²) in [5, 5.41) is 11.0. The van der Waals surface area contributed by atoms with Crippen LogP contribution in [0.2, 0.25) is 16.6 Å². The fraction of sp³-hybridized carbons (Fsp3) is 0.357. The van der Waals surface area contributed by atoms with Gasteiger partial charge >= 0.3 is 0 Å². The first-order valence-electron chi connectivity index (χ1n) is 12.2. The molecule has 0 saturated heterocycles. The van der Waals surface area contributed by atoms with Crippen LogP contribution in [0.1, 0.15) is 47.1 Å². The topological polar surface area (TPSA) is 89.8 Å². The molecule has 0 aliphatic carbocycles. The maximum Gasteiger partial charge on any atom is 0.269 e. The molecule has 7 nitrogen and oxygen atoms in total. The van der Waals surface area contributed by atoms with Gasteiger partial charge < -0.3 is 4.43 Å². The van der Waals surface area contributed by atoms with E-state index in [1.807, 2.05) is 36.4 Å². The van der Waals surface area contributed by atoms with Gasteiger partial charge in [0.1, 0.15) is 5.76 Å². The van der Waals surface area contributed by atoms with Crippen LogP contribution >= 0.6 is 0 Å². The molecule has 0 aromatic heterocycles. The molecule has 2 aromatic rings.